The number of amides is 3. The average Bonchev–Trinajstić information content (AvgIpc) is 3.42. The van der Waals surface area contributed by atoms with Crippen molar-refractivity contribution in [1.29, 1.82) is 0 Å². The smallest absolute Gasteiger partial charge is 0.243 e. The van der Waals surface area contributed by atoms with Crippen LogP contribution in [0.1, 0.15) is 57.0 Å². The first-order valence-electron chi connectivity index (χ1n) is 14.6. The van der Waals surface area contributed by atoms with E-state index < -0.39 is 12.1 Å². The van der Waals surface area contributed by atoms with E-state index >= 15 is 0 Å². The summed E-state index contributed by atoms with van der Waals surface area (Å²) in [7, 11) is 0. The molecule has 0 saturated carbocycles. The van der Waals surface area contributed by atoms with Gasteiger partial charge in [0.2, 0.25) is 17.7 Å². The lowest BCUT2D eigenvalue weighted by Crippen LogP contribution is -2.49. The number of thioether (sulfide) groups is 1. The molecule has 1 aromatic carbocycles. The van der Waals surface area contributed by atoms with Gasteiger partial charge in [0.15, 0.2) is 11.6 Å². The van der Waals surface area contributed by atoms with Gasteiger partial charge in [0.1, 0.15) is 6.04 Å². The minimum atomic E-state index is -0.656. The number of nitrogens with one attached hydrogen (secondary N) is 2. The number of rotatable bonds is 8. The molecule has 0 unspecified atom stereocenters. The quantitative estimate of drug-likeness (QED) is 0.410. The Morgan fingerprint density at radius 1 is 1.07 bits per heavy atom. The Balaban J connectivity index is 1.65. The number of benzene rings is 1. The highest BCUT2D eigenvalue weighted by Gasteiger charge is 2.30. The van der Waals surface area contributed by atoms with Gasteiger partial charge in [-0.3, -0.25) is 19.4 Å². The van der Waals surface area contributed by atoms with Gasteiger partial charge in [0, 0.05) is 43.9 Å². The second kappa shape index (κ2) is 15.5. The Bertz CT molecular complexity index is 1320. The Kier molecular flexibility index (Phi) is 11.5. The molecule has 0 saturated heterocycles. The molecule has 0 bridgehead atoms. The fraction of sp³-hybridized carbons (Fsp3) is 0.484. The zero-order chi connectivity index (χ0) is 29.9. The maximum atomic E-state index is 13.5. The molecule has 3 amide bonds. The largest absolute Gasteiger partial charge is 0.344 e. The number of pyridine rings is 1. The minimum Gasteiger partial charge on any atom is -0.344 e. The van der Waals surface area contributed by atoms with Crippen LogP contribution >= 0.6 is 11.8 Å². The fourth-order valence-corrected chi connectivity index (χ4v) is 5.45. The number of nitrogens with zero attached hydrogens (tertiary/aromatic N) is 5. The number of aromatic nitrogens is 4. The SMILES string of the molecule is CSCC[C@@H]1NC(=O)CCCN(C(=O)CCc2cccnc2)CCn2nc(-c3ccccc3)nc2[C@@H](C(C)C)NC1=O. The lowest BCUT2D eigenvalue weighted by molar-refractivity contribution is -0.132. The van der Waals surface area contributed by atoms with Gasteiger partial charge < -0.3 is 15.5 Å². The van der Waals surface area contributed by atoms with Crippen molar-refractivity contribution in [1.82, 2.24) is 35.3 Å². The van der Waals surface area contributed by atoms with Gasteiger partial charge in [-0.15, -0.1) is 0 Å². The molecule has 3 heterocycles. The van der Waals surface area contributed by atoms with Gasteiger partial charge in [-0.05, 0) is 48.8 Å². The van der Waals surface area contributed by atoms with Crippen molar-refractivity contribution in [3.05, 3.63) is 66.2 Å². The standard InChI is InChI=1S/C31H41N7O3S/c1-22(2)28-30-35-29(24-10-5-4-6-11-24)36-38(30)19-18-37(27(40)14-13-23-9-7-16-32-21-23)17-8-12-26(39)33-25(15-20-42-3)31(41)34-28/h4-7,9-11,16,21-22,25,28H,8,12-15,17-20H2,1-3H3,(H,33,39)(H,34,41)/t25-,28+/m0/s1. The highest BCUT2D eigenvalue weighted by Crippen LogP contribution is 2.25. The van der Waals surface area contributed by atoms with Crippen molar-refractivity contribution in [2.24, 2.45) is 5.92 Å². The molecule has 0 aliphatic carbocycles. The third kappa shape index (κ3) is 8.64. The monoisotopic (exact) mass is 591 g/mol. The first-order valence-corrected chi connectivity index (χ1v) is 16.0. The molecular formula is C31H41N7O3S. The summed E-state index contributed by atoms with van der Waals surface area (Å²) in [6, 6.07) is 12.5. The number of hydrogen-bond donors (Lipinski definition) is 2. The van der Waals surface area contributed by atoms with Crippen LogP contribution in [-0.4, -0.2) is 73.5 Å². The van der Waals surface area contributed by atoms with Crippen LogP contribution in [-0.2, 0) is 27.3 Å². The summed E-state index contributed by atoms with van der Waals surface area (Å²) in [6.07, 6.45) is 7.66. The first kappa shape index (κ1) is 31.2. The van der Waals surface area contributed by atoms with Gasteiger partial charge in [-0.1, -0.05) is 50.2 Å². The van der Waals surface area contributed by atoms with Gasteiger partial charge in [0.05, 0.1) is 12.6 Å². The highest BCUT2D eigenvalue weighted by atomic mass is 32.2. The topological polar surface area (TPSA) is 122 Å². The summed E-state index contributed by atoms with van der Waals surface area (Å²) in [5.74, 6) is 1.54. The zero-order valence-electron chi connectivity index (χ0n) is 24.7. The molecule has 0 spiro atoms. The minimum absolute atomic E-state index is 0.00236. The van der Waals surface area contributed by atoms with Crippen LogP contribution in [0.25, 0.3) is 11.4 Å². The summed E-state index contributed by atoms with van der Waals surface area (Å²) < 4.78 is 1.83. The molecule has 4 rings (SSSR count). The Morgan fingerprint density at radius 2 is 1.88 bits per heavy atom. The van der Waals surface area contributed by atoms with Crippen molar-refractivity contribution < 1.29 is 14.4 Å². The maximum absolute atomic E-state index is 13.5. The van der Waals surface area contributed by atoms with E-state index in [1.165, 1.54) is 0 Å². The molecule has 0 fully saturated rings. The third-order valence-corrected chi connectivity index (χ3v) is 8.00. The molecule has 2 N–H and O–H groups in total. The lowest BCUT2D eigenvalue weighted by Gasteiger charge is -2.28. The predicted molar refractivity (Wildman–Crippen MR) is 164 cm³/mol. The number of aryl methyl sites for hydroxylation is 1. The fourth-order valence-electron chi connectivity index (χ4n) is 4.98. The van der Waals surface area contributed by atoms with Crippen LogP contribution in [0.15, 0.2) is 54.9 Å². The Labute approximate surface area is 252 Å². The first-order chi connectivity index (χ1) is 20.4. The molecular weight excluding hydrogens is 550 g/mol. The van der Waals surface area contributed by atoms with E-state index in [0.29, 0.717) is 57.0 Å². The average molecular weight is 592 g/mol. The molecule has 10 nitrogen and oxygen atoms in total. The van der Waals surface area contributed by atoms with E-state index in [2.05, 4.69) is 15.6 Å². The molecule has 42 heavy (non-hydrogen) atoms. The number of carbonyl (C=O) groups excluding carboxylic acids is 3. The van der Waals surface area contributed by atoms with Gasteiger partial charge in [0.25, 0.3) is 0 Å². The van der Waals surface area contributed by atoms with Crippen molar-refractivity contribution >= 4 is 29.5 Å². The van der Waals surface area contributed by atoms with Crippen molar-refractivity contribution in [2.45, 2.75) is 64.6 Å². The van der Waals surface area contributed by atoms with Crippen LogP contribution < -0.4 is 10.6 Å². The highest BCUT2D eigenvalue weighted by molar-refractivity contribution is 7.98. The predicted octanol–water partition coefficient (Wildman–Crippen LogP) is 3.65. The Hall–Kier alpha value is -3.73. The van der Waals surface area contributed by atoms with Crippen LogP contribution in [0.4, 0.5) is 0 Å². The summed E-state index contributed by atoms with van der Waals surface area (Å²) in [6.45, 7) is 5.31. The molecule has 0 radical (unpaired) electrons. The van der Waals surface area contributed by atoms with E-state index in [-0.39, 0.29) is 30.1 Å². The molecule has 224 valence electrons. The molecule has 1 aliphatic heterocycles. The van der Waals surface area contributed by atoms with Gasteiger partial charge >= 0.3 is 0 Å². The second-order valence-electron chi connectivity index (χ2n) is 10.9. The normalized spacial score (nSPS) is 18.6. The van der Waals surface area contributed by atoms with Crippen molar-refractivity contribution in [3.63, 3.8) is 0 Å². The molecule has 3 aromatic rings. The van der Waals surface area contributed by atoms with E-state index in [1.807, 2.05) is 72.1 Å². The Morgan fingerprint density at radius 3 is 2.60 bits per heavy atom. The summed E-state index contributed by atoms with van der Waals surface area (Å²) >= 11 is 1.63. The van der Waals surface area contributed by atoms with Crippen molar-refractivity contribution in [3.8, 4) is 11.4 Å². The van der Waals surface area contributed by atoms with Crippen LogP contribution in [0, 0.1) is 5.92 Å². The lowest BCUT2D eigenvalue weighted by atomic mass is 10.0. The van der Waals surface area contributed by atoms with E-state index in [1.54, 1.807) is 24.2 Å². The van der Waals surface area contributed by atoms with E-state index in [4.69, 9.17) is 10.1 Å². The molecule has 2 aromatic heterocycles. The number of hydrogen-bond acceptors (Lipinski definition) is 7. The van der Waals surface area contributed by atoms with Crippen molar-refractivity contribution in [2.75, 3.05) is 25.1 Å². The van der Waals surface area contributed by atoms with Crippen LogP contribution in [0.3, 0.4) is 0 Å². The van der Waals surface area contributed by atoms with Gasteiger partial charge in [-0.2, -0.15) is 16.9 Å². The second-order valence-corrected chi connectivity index (χ2v) is 11.8. The maximum Gasteiger partial charge on any atom is 0.243 e. The van der Waals surface area contributed by atoms with E-state index in [0.717, 1.165) is 16.9 Å². The summed E-state index contributed by atoms with van der Waals surface area (Å²) in [5, 5.41) is 11.0. The third-order valence-electron chi connectivity index (χ3n) is 7.35. The molecule has 2 atom stereocenters. The van der Waals surface area contributed by atoms with Crippen LogP contribution in [0.2, 0.25) is 0 Å². The molecule has 1 aliphatic rings. The zero-order valence-corrected chi connectivity index (χ0v) is 25.5. The molecule has 11 heteroatoms. The summed E-state index contributed by atoms with van der Waals surface area (Å²) in [4.78, 5) is 50.7. The number of carbonyl (C=O) groups is 3. The van der Waals surface area contributed by atoms with E-state index in [9.17, 15) is 14.4 Å². The van der Waals surface area contributed by atoms with Crippen LogP contribution in [0.5, 0.6) is 0 Å². The van der Waals surface area contributed by atoms with Gasteiger partial charge in [-0.25, -0.2) is 9.67 Å². The summed E-state index contributed by atoms with van der Waals surface area (Å²) in [5.41, 5.74) is 1.88. The number of fused-ring (bicyclic) bond motifs is 1.